The van der Waals surface area contributed by atoms with Gasteiger partial charge in [-0.2, -0.15) is 0 Å². The maximum absolute atomic E-state index is 12.6. The van der Waals surface area contributed by atoms with Crippen LogP contribution >= 0.6 is 0 Å². The third kappa shape index (κ3) is 6.31. The highest BCUT2D eigenvalue weighted by atomic mass is 16.6. The first-order valence-corrected chi connectivity index (χ1v) is 12.3. The maximum Gasteiger partial charge on any atom is 0.409 e. The first-order chi connectivity index (χ1) is 16.7. The summed E-state index contributed by atoms with van der Waals surface area (Å²) in [6.45, 7) is 7.97. The van der Waals surface area contributed by atoms with Crippen LogP contribution in [0.15, 0.2) is 36.5 Å². The van der Waals surface area contributed by atoms with E-state index in [1.807, 2.05) is 23.1 Å². The summed E-state index contributed by atoms with van der Waals surface area (Å²) in [5.74, 6) is 0.931. The van der Waals surface area contributed by atoms with Gasteiger partial charge in [-0.3, -0.25) is 9.78 Å². The van der Waals surface area contributed by atoms with Gasteiger partial charge in [0.05, 0.1) is 13.2 Å². The Balaban J connectivity index is 1.41. The van der Waals surface area contributed by atoms with Crippen molar-refractivity contribution in [3.05, 3.63) is 47.8 Å². The number of pyridine rings is 1. The van der Waals surface area contributed by atoms with Crippen molar-refractivity contribution in [2.75, 3.05) is 32.8 Å². The molecular formula is C27H35N3O5. The number of carbonyl (C=O) groups excluding carboxylic acids is 2. The predicted octanol–water partition coefficient (Wildman–Crippen LogP) is 3.67. The zero-order valence-corrected chi connectivity index (χ0v) is 20.8. The van der Waals surface area contributed by atoms with Crippen LogP contribution in [0.3, 0.4) is 0 Å². The Bertz CT molecular complexity index is 1050. The van der Waals surface area contributed by atoms with Crippen LogP contribution in [-0.2, 0) is 11.2 Å². The normalized spacial score (nSPS) is 19.6. The van der Waals surface area contributed by atoms with Crippen molar-refractivity contribution in [2.24, 2.45) is 11.3 Å². The number of amides is 2. The number of ether oxygens (including phenoxy) is 2. The third-order valence-corrected chi connectivity index (χ3v) is 6.41. The number of nitrogens with zero attached hydrogens (tertiary/aromatic N) is 2. The summed E-state index contributed by atoms with van der Waals surface area (Å²) >= 11 is 0. The highest BCUT2D eigenvalue weighted by molar-refractivity contribution is 5.92. The fraction of sp³-hybridized carbons (Fsp3) is 0.519. The van der Waals surface area contributed by atoms with Gasteiger partial charge in [0.1, 0.15) is 17.5 Å². The van der Waals surface area contributed by atoms with Gasteiger partial charge in [-0.1, -0.05) is 32.9 Å². The van der Waals surface area contributed by atoms with E-state index < -0.39 is 0 Å². The number of benzene rings is 1. The summed E-state index contributed by atoms with van der Waals surface area (Å²) in [6.07, 6.45) is 4.10. The number of carbonyl (C=O) groups is 2. The second kappa shape index (κ2) is 10.6. The summed E-state index contributed by atoms with van der Waals surface area (Å²) in [5.41, 5.74) is 3.34. The van der Waals surface area contributed by atoms with E-state index in [0.717, 1.165) is 41.7 Å². The number of nitrogens with one attached hydrogen (secondary N) is 1. The van der Waals surface area contributed by atoms with E-state index in [2.05, 4.69) is 37.1 Å². The van der Waals surface area contributed by atoms with E-state index in [-0.39, 0.29) is 36.7 Å². The van der Waals surface area contributed by atoms with Gasteiger partial charge in [-0.25, -0.2) is 4.79 Å². The molecular weight excluding hydrogens is 446 g/mol. The number of likely N-dealkylation sites (tertiary alicyclic amines) is 1. The molecule has 8 heteroatoms. The quantitative estimate of drug-likeness (QED) is 0.676. The Morgan fingerprint density at radius 3 is 2.66 bits per heavy atom. The fourth-order valence-electron chi connectivity index (χ4n) is 4.52. The molecule has 188 valence electrons. The molecule has 0 aliphatic carbocycles. The number of rotatable bonds is 5. The molecule has 8 nitrogen and oxygen atoms in total. The Kier molecular flexibility index (Phi) is 7.60. The van der Waals surface area contributed by atoms with Crippen LogP contribution in [-0.4, -0.2) is 65.9 Å². The highest BCUT2D eigenvalue weighted by Crippen LogP contribution is 2.37. The lowest BCUT2D eigenvalue weighted by molar-refractivity contribution is 0.0720. The number of fused-ring (bicyclic) bond motifs is 2. The number of aromatic nitrogens is 1. The molecule has 3 heterocycles. The molecule has 2 amide bonds. The molecule has 2 aromatic rings. The number of aliphatic hydroxyl groups is 1. The first-order valence-electron chi connectivity index (χ1n) is 12.3. The minimum atomic E-state index is -0.305. The zero-order chi connectivity index (χ0) is 25.0. The van der Waals surface area contributed by atoms with Crippen LogP contribution in [0.5, 0.6) is 5.75 Å². The lowest BCUT2D eigenvalue weighted by Gasteiger charge is -2.32. The number of hydrogen-bond donors (Lipinski definition) is 2. The Morgan fingerprint density at radius 1 is 1.17 bits per heavy atom. The van der Waals surface area contributed by atoms with Crippen LogP contribution in [0.2, 0.25) is 0 Å². The minimum Gasteiger partial charge on any atom is -0.490 e. The third-order valence-electron chi connectivity index (χ3n) is 6.41. The van der Waals surface area contributed by atoms with Gasteiger partial charge in [0.15, 0.2) is 0 Å². The molecule has 1 saturated heterocycles. The molecule has 2 N–H and O–H groups in total. The monoisotopic (exact) mass is 481 g/mol. The lowest BCUT2D eigenvalue weighted by Crippen LogP contribution is -2.35. The van der Waals surface area contributed by atoms with E-state index in [1.165, 1.54) is 0 Å². The molecule has 2 unspecified atom stereocenters. The van der Waals surface area contributed by atoms with E-state index in [9.17, 15) is 9.59 Å². The van der Waals surface area contributed by atoms with E-state index in [1.54, 1.807) is 12.3 Å². The molecule has 2 aliphatic heterocycles. The minimum absolute atomic E-state index is 0.0554. The first kappa shape index (κ1) is 25.0. The molecule has 0 bridgehead atoms. The van der Waals surface area contributed by atoms with E-state index in [4.69, 9.17) is 14.6 Å². The van der Waals surface area contributed by atoms with Crippen molar-refractivity contribution in [3.8, 4) is 16.9 Å². The summed E-state index contributed by atoms with van der Waals surface area (Å²) < 4.78 is 11.9. The molecule has 1 aromatic carbocycles. The molecule has 0 saturated carbocycles. The van der Waals surface area contributed by atoms with Gasteiger partial charge in [0.25, 0.3) is 5.91 Å². The van der Waals surface area contributed by atoms with Crippen molar-refractivity contribution in [2.45, 2.75) is 46.1 Å². The SMILES string of the molecule is CC(C)(C)COC(=O)N1CCC2Cc3cc(-c4ccc(C(=O)NCCO)nc4)ccc3OC2CC1. The molecule has 0 radical (unpaired) electrons. The largest absolute Gasteiger partial charge is 0.490 e. The average Bonchev–Trinajstić information content (AvgIpc) is 3.06. The molecule has 0 spiro atoms. The highest BCUT2D eigenvalue weighted by Gasteiger charge is 2.34. The van der Waals surface area contributed by atoms with Crippen molar-refractivity contribution in [3.63, 3.8) is 0 Å². The van der Waals surface area contributed by atoms with Gasteiger partial charge in [0.2, 0.25) is 0 Å². The number of aliphatic hydroxyl groups excluding tert-OH is 1. The van der Waals surface area contributed by atoms with Crippen LogP contribution in [0, 0.1) is 11.3 Å². The zero-order valence-electron chi connectivity index (χ0n) is 20.8. The van der Waals surface area contributed by atoms with Crippen molar-refractivity contribution < 1.29 is 24.2 Å². The molecule has 2 atom stereocenters. The van der Waals surface area contributed by atoms with Crippen molar-refractivity contribution in [1.29, 1.82) is 0 Å². The maximum atomic E-state index is 12.6. The van der Waals surface area contributed by atoms with Crippen LogP contribution in [0.4, 0.5) is 4.79 Å². The van der Waals surface area contributed by atoms with Gasteiger partial charge in [0, 0.05) is 43.7 Å². The molecule has 1 aromatic heterocycles. The van der Waals surface area contributed by atoms with Crippen LogP contribution < -0.4 is 10.1 Å². The molecule has 4 rings (SSSR count). The van der Waals surface area contributed by atoms with Gasteiger partial charge >= 0.3 is 6.09 Å². The summed E-state index contributed by atoms with van der Waals surface area (Å²) in [4.78, 5) is 30.7. The van der Waals surface area contributed by atoms with Crippen LogP contribution in [0.1, 0.15) is 49.7 Å². The average molecular weight is 482 g/mol. The van der Waals surface area contributed by atoms with Crippen molar-refractivity contribution in [1.82, 2.24) is 15.2 Å². The molecule has 35 heavy (non-hydrogen) atoms. The fourth-order valence-corrected chi connectivity index (χ4v) is 4.52. The Morgan fingerprint density at radius 2 is 1.94 bits per heavy atom. The topological polar surface area (TPSA) is 101 Å². The van der Waals surface area contributed by atoms with Gasteiger partial charge in [-0.15, -0.1) is 0 Å². The Hall–Kier alpha value is -3.13. The summed E-state index contributed by atoms with van der Waals surface area (Å²) in [5, 5.41) is 11.5. The molecule has 1 fully saturated rings. The predicted molar refractivity (Wildman–Crippen MR) is 132 cm³/mol. The Labute approximate surface area is 206 Å². The standard InChI is InChI=1S/C27H35N3O5/c1-27(2,3)17-34-26(33)30-11-8-19-15-21-14-18(5-7-23(21)35-24(19)9-12-30)20-4-6-22(29-16-20)25(32)28-10-13-31/h4-7,14,16,19,24,31H,8-13,15,17H2,1-3H3,(H,28,32). The van der Waals surface area contributed by atoms with Crippen molar-refractivity contribution >= 4 is 12.0 Å². The van der Waals surface area contributed by atoms with E-state index in [0.29, 0.717) is 31.3 Å². The smallest absolute Gasteiger partial charge is 0.409 e. The second-order valence-corrected chi connectivity index (χ2v) is 10.5. The summed E-state index contributed by atoms with van der Waals surface area (Å²) in [7, 11) is 0. The van der Waals surface area contributed by atoms with E-state index >= 15 is 0 Å². The van der Waals surface area contributed by atoms with Crippen LogP contribution in [0.25, 0.3) is 11.1 Å². The molecule has 2 aliphatic rings. The number of hydrogen-bond acceptors (Lipinski definition) is 6. The van der Waals surface area contributed by atoms with Gasteiger partial charge in [-0.05, 0) is 47.6 Å². The summed E-state index contributed by atoms with van der Waals surface area (Å²) in [6, 6.07) is 9.71. The second-order valence-electron chi connectivity index (χ2n) is 10.5. The van der Waals surface area contributed by atoms with Gasteiger partial charge < -0.3 is 24.8 Å². The lowest BCUT2D eigenvalue weighted by atomic mass is 9.86.